The molecule has 2 fully saturated rings. The normalized spacial score (nSPS) is 16.3. The predicted octanol–water partition coefficient (Wildman–Crippen LogP) is 14.9. The van der Waals surface area contributed by atoms with Crippen molar-refractivity contribution in [1.82, 2.24) is 0 Å². The molecule has 2 aliphatic heterocycles. The van der Waals surface area contributed by atoms with Gasteiger partial charge in [0.2, 0.25) is 0 Å². The van der Waals surface area contributed by atoms with Gasteiger partial charge >= 0.3 is 0 Å². The molecule has 0 amide bonds. The summed E-state index contributed by atoms with van der Waals surface area (Å²) in [5, 5.41) is 10.7. The average Bonchev–Trinajstić information content (AvgIpc) is 3.31. The van der Waals surface area contributed by atoms with Gasteiger partial charge in [-0.05, 0) is 163 Å². The Morgan fingerprint density at radius 3 is 1.41 bits per heavy atom. The van der Waals surface area contributed by atoms with Crippen LogP contribution in [0.5, 0.6) is 0 Å². The smallest absolute Gasteiger partial charge is 0.0372 e. The van der Waals surface area contributed by atoms with E-state index in [1.165, 1.54) is 138 Å². The van der Waals surface area contributed by atoms with Gasteiger partial charge in [0.1, 0.15) is 0 Å². The fourth-order valence-electron chi connectivity index (χ4n) is 10.4. The molecule has 2 saturated heterocycles. The van der Waals surface area contributed by atoms with Gasteiger partial charge in [-0.25, -0.2) is 0 Å². The van der Waals surface area contributed by atoms with Crippen molar-refractivity contribution in [2.75, 3.05) is 36.0 Å². The van der Waals surface area contributed by atoms with E-state index in [4.69, 9.17) is 0 Å². The quantitative estimate of drug-likeness (QED) is 0.156. The summed E-state index contributed by atoms with van der Waals surface area (Å²) >= 11 is 0. The average molecular weight is 751 g/mol. The summed E-state index contributed by atoms with van der Waals surface area (Å²) < 4.78 is 0. The lowest BCUT2D eigenvalue weighted by Crippen LogP contribution is -2.29. The van der Waals surface area contributed by atoms with Gasteiger partial charge in [0.15, 0.2) is 0 Å². The SMILES string of the molecule is C1=C(c2cccc3ccccc23)CCC(c2c3cc(N4CCCCC4)ccc3c(-c3ccc(-c4cccc5ccccc45)cc3)c3cc(N4CCCCC4)ccc23)=C1. The van der Waals surface area contributed by atoms with E-state index in [0.29, 0.717) is 0 Å². The number of fused-ring (bicyclic) bond motifs is 4. The second-order valence-corrected chi connectivity index (χ2v) is 16.8. The van der Waals surface area contributed by atoms with Crippen molar-refractivity contribution in [2.24, 2.45) is 0 Å². The van der Waals surface area contributed by atoms with E-state index >= 15 is 0 Å². The first kappa shape index (κ1) is 35.1. The van der Waals surface area contributed by atoms with Crippen LogP contribution in [0, 0.1) is 0 Å². The van der Waals surface area contributed by atoms with Crippen LogP contribution in [0.15, 0.2) is 158 Å². The highest BCUT2D eigenvalue weighted by Gasteiger charge is 2.23. The van der Waals surface area contributed by atoms with Gasteiger partial charge in [0.05, 0.1) is 0 Å². The van der Waals surface area contributed by atoms with Crippen molar-refractivity contribution in [2.45, 2.75) is 51.4 Å². The van der Waals surface area contributed by atoms with E-state index in [-0.39, 0.29) is 0 Å². The van der Waals surface area contributed by atoms with Gasteiger partial charge in [-0.1, -0.05) is 133 Å². The maximum Gasteiger partial charge on any atom is 0.0372 e. The Bertz CT molecular complexity index is 2890. The minimum absolute atomic E-state index is 1.01. The molecule has 0 spiro atoms. The molecule has 284 valence electrons. The van der Waals surface area contributed by atoms with E-state index in [1.807, 2.05) is 0 Å². The second kappa shape index (κ2) is 15.0. The van der Waals surface area contributed by atoms with E-state index < -0.39 is 0 Å². The Labute approximate surface area is 342 Å². The summed E-state index contributed by atoms with van der Waals surface area (Å²) in [6.45, 7) is 4.53. The molecule has 58 heavy (non-hydrogen) atoms. The van der Waals surface area contributed by atoms with Crippen LogP contribution in [-0.4, -0.2) is 26.2 Å². The minimum Gasteiger partial charge on any atom is -0.372 e. The highest BCUT2D eigenvalue weighted by atomic mass is 15.1. The van der Waals surface area contributed by atoms with Crippen LogP contribution in [0.3, 0.4) is 0 Å². The maximum absolute atomic E-state index is 2.63. The first-order valence-corrected chi connectivity index (χ1v) is 21.8. The van der Waals surface area contributed by atoms with Crippen LogP contribution < -0.4 is 9.80 Å². The molecule has 11 rings (SSSR count). The van der Waals surface area contributed by atoms with Crippen LogP contribution in [0.2, 0.25) is 0 Å². The fraction of sp³-hybridized carbons (Fsp3) is 0.214. The lowest BCUT2D eigenvalue weighted by Gasteiger charge is -2.31. The molecule has 2 heteroatoms. The molecule has 0 saturated carbocycles. The largest absolute Gasteiger partial charge is 0.372 e. The van der Waals surface area contributed by atoms with Gasteiger partial charge in [-0.2, -0.15) is 0 Å². The molecule has 0 aromatic heterocycles. The molecule has 1 aliphatic carbocycles. The highest BCUT2D eigenvalue weighted by Crippen LogP contribution is 2.47. The molecule has 0 N–H and O–H groups in total. The van der Waals surface area contributed by atoms with Crippen molar-refractivity contribution < 1.29 is 0 Å². The zero-order valence-electron chi connectivity index (χ0n) is 33.4. The van der Waals surface area contributed by atoms with Gasteiger partial charge in [-0.3, -0.25) is 0 Å². The van der Waals surface area contributed by atoms with Crippen LogP contribution in [-0.2, 0) is 0 Å². The lowest BCUT2D eigenvalue weighted by molar-refractivity contribution is 0.578. The van der Waals surface area contributed by atoms with E-state index in [9.17, 15) is 0 Å². The molecular weight excluding hydrogens is 701 g/mol. The number of hydrogen-bond acceptors (Lipinski definition) is 2. The van der Waals surface area contributed by atoms with Crippen LogP contribution in [0.25, 0.3) is 76.5 Å². The monoisotopic (exact) mass is 750 g/mol. The molecule has 0 unspecified atom stereocenters. The van der Waals surface area contributed by atoms with Gasteiger partial charge < -0.3 is 9.80 Å². The van der Waals surface area contributed by atoms with Crippen molar-refractivity contribution in [3.63, 3.8) is 0 Å². The number of anilines is 2. The Balaban J connectivity index is 1.13. The van der Waals surface area contributed by atoms with Crippen LogP contribution in [0.1, 0.15) is 62.5 Å². The number of piperidine rings is 2. The van der Waals surface area contributed by atoms with Crippen LogP contribution in [0.4, 0.5) is 11.4 Å². The number of benzene rings is 8. The third-order valence-electron chi connectivity index (χ3n) is 13.4. The number of allylic oxidation sites excluding steroid dienone is 4. The molecule has 8 aromatic rings. The zero-order valence-corrected chi connectivity index (χ0v) is 33.4. The van der Waals surface area contributed by atoms with Crippen molar-refractivity contribution in [3.8, 4) is 22.3 Å². The number of hydrogen-bond donors (Lipinski definition) is 0. The molecule has 3 aliphatic rings. The Morgan fingerprint density at radius 2 is 0.810 bits per heavy atom. The fourth-order valence-corrected chi connectivity index (χ4v) is 10.4. The first-order valence-electron chi connectivity index (χ1n) is 21.8. The predicted molar refractivity (Wildman–Crippen MR) is 251 cm³/mol. The standard InChI is InChI=1S/C56H50N2/c1-7-33-57(34-8-1)45-29-31-51-53(37-45)55(43-25-21-41(22-26-43)49-19-11-15-39-13-3-5-17-47(39)49)52-32-30-46(58-35-9-2-10-36-58)38-54(52)56(51)44-27-23-42(24-28-44)50-20-12-16-40-14-4-6-18-48(40)50/h3-6,11-23,25-27,29-32,37-38H,1-2,7-10,24,28,33-36H2. The molecule has 0 atom stereocenters. The molecule has 0 bridgehead atoms. The van der Waals surface area contributed by atoms with Crippen LogP contribution >= 0.6 is 0 Å². The summed E-state index contributed by atoms with van der Waals surface area (Å²) in [6, 6.07) is 55.3. The topological polar surface area (TPSA) is 6.48 Å². The summed E-state index contributed by atoms with van der Waals surface area (Å²) in [5.74, 6) is 0. The van der Waals surface area contributed by atoms with Gasteiger partial charge in [-0.15, -0.1) is 0 Å². The second-order valence-electron chi connectivity index (χ2n) is 16.8. The van der Waals surface area contributed by atoms with Crippen molar-refractivity contribution in [3.05, 3.63) is 169 Å². The highest BCUT2D eigenvalue weighted by molar-refractivity contribution is 6.20. The number of nitrogens with zero attached hydrogens (tertiary/aromatic N) is 2. The Hall–Kier alpha value is -6.12. The summed E-state index contributed by atoms with van der Waals surface area (Å²) in [7, 11) is 0. The molecule has 0 radical (unpaired) electrons. The Morgan fingerprint density at radius 1 is 0.328 bits per heavy atom. The molecule has 8 aromatic carbocycles. The summed E-state index contributed by atoms with van der Waals surface area (Å²) in [6.07, 6.45) is 14.6. The van der Waals surface area contributed by atoms with Crippen molar-refractivity contribution in [1.29, 1.82) is 0 Å². The maximum atomic E-state index is 2.63. The Kier molecular flexibility index (Phi) is 9.07. The lowest BCUT2D eigenvalue weighted by atomic mass is 9.81. The third kappa shape index (κ3) is 6.27. The van der Waals surface area contributed by atoms with Gasteiger partial charge in [0, 0.05) is 37.6 Å². The summed E-state index contributed by atoms with van der Waals surface area (Å²) in [4.78, 5) is 5.25. The summed E-state index contributed by atoms with van der Waals surface area (Å²) in [5.41, 5.74) is 13.5. The van der Waals surface area contributed by atoms with Crippen molar-refractivity contribution >= 4 is 65.6 Å². The molecule has 2 nitrogen and oxygen atoms in total. The van der Waals surface area contributed by atoms with E-state index in [0.717, 1.165) is 39.0 Å². The first-order chi connectivity index (χ1) is 28.8. The number of rotatable bonds is 6. The zero-order chi connectivity index (χ0) is 38.4. The van der Waals surface area contributed by atoms with E-state index in [2.05, 4.69) is 168 Å². The third-order valence-corrected chi connectivity index (χ3v) is 13.4. The van der Waals surface area contributed by atoms with E-state index in [1.54, 1.807) is 0 Å². The van der Waals surface area contributed by atoms with Gasteiger partial charge in [0.25, 0.3) is 0 Å². The molecule has 2 heterocycles. The molecular formula is C56H50N2. The minimum atomic E-state index is 1.01.